The molecule has 2 aromatic carbocycles. The Morgan fingerprint density at radius 2 is 1.70 bits per heavy atom. The second kappa shape index (κ2) is 10.6. The third-order valence-electron chi connectivity index (χ3n) is 6.72. The Kier molecular flexibility index (Phi) is 7.34. The molecule has 2 aromatic rings. The van der Waals surface area contributed by atoms with Gasteiger partial charge in [-0.1, -0.05) is 49.2 Å². The SMILES string of the molecule is O=C(NCc1ccccc1)C(C1CCCC1)N1CCN(C(=O)c2cccc([N+](=O)[O-])c2)CC1. The van der Waals surface area contributed by atoms with Crippen LogP contribution in [0.4, 0.5) is 5.69 Å². The van der Waals surface area contributed by atoms with E-state index in [0.29, 0.717) is 44.2 Å². The Hall–Kier alpha value is -3.26. The molecule has 0 spiro atoms. The van der Waals surface area contributed by atoms with Crippen molar-refractivity contribution in [3.05, 3.63) is 75.8 Å². The predicted octanol–water partition coefficient (Wildman–Crippen LogP) is 3.23. The summed E-state index contributed by atoms with van der Waals surface area (Å²) in [6.07, 6.45) is 4.41. The molecule has 0 radical (unpaired) electrons. The van der Waals surface area contributed by atoms with Crippen molar-refractivity contribution >= 4 is 17.5 Å². The van der Waals surface area contributed by atoms with E-state index in [9.17, 15) is 19.7 Å². The first-order valence-electron chi connectivity index (χ1n) is 11.6. The molecule has 8 nitrogen and oxygen atoms in total. The lowest BCUT2D eigenvalue weighted by Gasteiger charge is -2.40. The number of nitro groups is 1. The van der Waals surface area contributed by atoms with Gasteiger partial charge in [-0.15, -0.1) is 0 Å². The Bertz CT molecular complexity index is 983. The molecule has 1 aliphatic carbocycles. The van der Waals surface area contributed by atoms with E-state index in [4.69, 9.17) is 0 Å². The number of piperazine rings is 1. The van der Waals surface area contributed by atoms with Crippen LogP contribution in [-0.4, -0.2) is 58.8 Å². The van der Waals surface area contributed by atoms with Gasteiger partial charge in [-0.25, -0.2) is 0 Å². The van der Waals surface area contributed by atoms with Crippen molar-refractivity contribution in [1.29, 1.82) is 0 Å². The molecule has 33 heavy (non-hydrogen) atoms. The topological polar surface area (TPSA) is 95.8 Å². The van der Waals surface area contributed by atoms with Gasteiger partial charge in [0.2, 0.25) is 5.91 Å². The molecule has 2 amide bonds. The molecular formula is C25H30N4O4. The van der Waals surface area contributed by atoms with Gasteiger partial charge in [-0.2, -0.15) is 0 Å². The molecule has 1 unspecified atom stereocenters. The van der Waals surface area contributed by atoms with Crippen LogP contribution in [0, 0.1) is 16.0 Å². The van der Waals surface area contributed by atoms with Gasteiger partial charge < -0.3 is 10.2 Å². The third-order valence-corrected chi connectivity index (χ3v) is 6.72. The first-order chi connectivity index (χ1) is 16.0. The average Bonchev–Trinajstić information content (AvgIpc) is 3.38. The van der Waals surface area contributed by atoms with Crippen LogP contribution in [-0.2, 0) is 11.3 Å². The summed E-state index contributed by atoms with van der Waals surface area (Å²) in [6, 6.07) is 15.6. The number of amides is 2. The number of carbonyl (C=O) groups is 2. The maximum absolute atomic E-state index is 13.2. The molecule has 1 atom stereocenters. The summed E-state index contributed by atoms with van der Waals surface area (Å²) in [5.74, 6) is 0.188. The largest absolute Gasteiger partial charge is 0.351 e. The van der Waals surface area contributed by atoms with Crippen LogP contribution in [0.1, 0.15) is 41.6 Å². The van der Waals surface area contributed by atoms with Crippen LogP contribution in [0.25, 0.3) is 0 Å². The Balaban J connectivity index is 1.39. The monoisotopic (exact) mass is 450 g/mol. The number of nitro benzene ring substituents is 1. The zero-order valence-electron chi connectivity index (χ0n) is 18.7. The molecule has 0 bridgehead atoms. The first kappa shape index (κ1) is 22.9. The molecule has 4 rings (SSSR count). The smallest absolute Gasteiger partial charge is 0.270 e. The van der Waals surface area contributed by atoms with Gasteiger partial charge in [-0.05, 0) is 30.4 Å². The summed E-state index contributed by atoms with van der Waals surface area (Å²) < 4.78 is 0. The van der Waals surface area contributed by atoms with Crippen molar-refractivity contribution in [1.82, 2.24) is 15.1 Å². The highest BCUT2D eigenvalue weighted by atomic mass is 16.6. The van der Waals surface area contributed by atoms with E-state index in [1.54, 1.807) is 11.0 Å². The minimum atomic E-state index is -0.491. The minimum Gasteiger partial charge on any atom is -0.351 e. The lowest BCUT2D eigenvalue weighted by Crippen LogP contribution is -2.57. The predicted molar refractivity (Wildman–Crippen MR) is 125 cm³/mol. The number of non-ortho nitro benzene ring substituents is 1. The molecule has 1 N–H and O–H groups in total. The van der Waals surface area contributed by atoms with Gasteiger partial charge in [0.05, 0.1) is 11.0 Å². The van der Waals surface area contributed by atoms with Crippen LogP contribution in [0.2, 0.25) is 0 Å². The molecule has 8 heteroatoms. The highest BCUT2D eigenvalue weighted by molar-refractivity contribution is 5.95. The molecule has 1 saturated carbocycles. The van der Waals surface area contributed by atoms with Gasteiger partial charge in [0.25, 0.3) is 11.6 Å². The quantitative estimate of drug-likeness (QED) is 0.516. The van der Waals surface area contributed by atoms with Gasteiger partial charge in [-0.3, -0.25) is 24.6 Å². The van der Waals surface area contributed by atoms with E-state index < -0.39 is 4.92 Å². The fraction of sp³-hybridized carbons (Fsp3) is 0.440. The molecule has 1 heterocycles. The van der Waals surface area contributed by atoms with Crippen LogP contribution in [0.15, 0.2) is 54.6 Å². The third kappa shape index (κ3) is 5.57. The lowest BCUT2D eigenvalue weighted by atomic mass is 9.94. The second-order valence-corrected chi connectivity index (χ2v) is 8.83. The van der Waals surface area contributed by atoms with E-state index in [2.05, 4.69) is 10.2 Å². The lowest BCUT2D eigenvalue weighted by molar-refractivity contribution is -0.384. The van der Waals surface area contributed by atoms with Gasteiger partial charge in [0.1, 0.15) is 0 Å². The van der Waals surface area contributed by atoms with Crippen molar-refractivity contribution in [2.75, 3.05) is 26.2 Å². The van der Waals surface area contributed by atoms with Gasteiger partial charge >= 0.3 is 0 Å². The molecule has 2 aliphatic rings. The fourth-order valence-electron chi connectivity index (χ4n) is 4.98. The molecule has 1 aliphatic heterocycles. The van der Waals surface area contributed by atoms with Crippen molar-refractivity contribution in [2.24, 2.45) is 5.92 Å². The number of hydrogen-bond acceptors (Lipinski definition) is 5. The van der Waals surface area contributed by atoms with E-state index in [-0.39, 0.29) is 23.5 Å². The molecule has 174 valence electrons. The number of nitrogens with zero attached hydrogens (tertiary/aromatic N) is 3. The van der Waals surface area contributed by atoms with Crippen molar-refractivity contribution in [3.63, 3.8) is 0 Å². The fourth-order valence-corrected chi connectivity index (χ4v) is 4.98. The zero-order valence-corrected chi connectivity index (χ0v) is 18.7. The maximum Gasteiger partial charge on any atom is 0.270 e. The number of nitrogens with one attached hydrogen (secondary N) is 1. The highest BCUT2D eigenvalue weighted by Gasteiger charge is 2.37. The van der Waals surface area contributed by atoms with Crippen LogP contribution in [0.5, 0.6) is 0 Å². The second-order valence-electron chi connectivity index (χ2n) is 8.83. The van der Waals surface area contributed by atoms with E-state index >= 15 is 0 Å². The Labute approximate surface area is 193 Å². The van der Waals surface area contributed by atoms with Gasteiger partial charge in [0, 0.05) is 50.4 Å². The summed E-state index contributed by atoms with van der Waals surface area (Å²) in [5, 5.41) is 14.2. The Morgan fingerprint density at radius 3 is 2.36 bits per heavy atom. The first-order valence-corrected chi connectivity index (χ1v) is 11.6. The standard InChI is InChI=1S/C25H30N4O4/c30-24(26-18-19-7-2-1-3-8-19)23(20-9-4-5-10-20)27-13-15-28(16-14-27)25(31)21-11-6-12-22(17-21)29(32)33/h1-3,6-8,11-12,17,20,23H,4-5,9-10,13-16,18H2,(H,26,30). The molecule has 1 saturated heterocycles. The Morgan fingerprint density at radius 1 is 1.00 bits per heavy atom. The summed E-state index contributed by atoms with van der Waals surface area (Å²) in [4.78, 5) is 40.6. The minimum absolute atomic E-state index is 0.0595. The highest BCUT2D eigenvalue weighted by Crippen LogP contribution is 2.31. The maximum atomic E-state index is 13.2. The zero-order chi connectivity index (χ0) is 23.2. The molecule has 0 aromatic heterocycles. The number of carbonyl (C=O) groups excluding carboxylic acids is 2. The van der Waals surface area contributed by atoms with E-state index in [1.807, 2.05) is 30.3 Å². The van der Waals surface area contributed by atoms with Crippen LogP contribution >= 0.6 is 0 Å². The average molecular weight is 451 g/mol. The van der Waals surface area contributed by atoms with E-state index in [0.717, 1.165) is 31.2 Å². The number of hydrogen-bond donors (Lipinski definition) is 1. The van der Waals surface area contributed by atoms with E-state index in [1.165, 1.54) is 18.2 Å². The summed E-state index contributed by atoms with van der Waals surface area (Å²) in [5.41, 5.74) is 1.31. The van der Waals surface area contributed by atoms with Crippen LogP contribution in [0.3, 0.4) is 0 Å². The van der Waals surface area contributed by atoms with Crippen molar-refractivity contribution in [2.45, 2.75) is 38.3 Å². The number of rotatable bonds is 7. The van der Waals surface area contributed by atoms with Crippen molar-refractivity contribution < 1.29 is 14.5 Å². The normalized spacial score (nSPS) is 18.1. The van der Waals surface area contributed by atoms with Crippen molar-refractivity contribution in [3.8, 4) is 0 Å². The molecular weight excluding hydrogens is 420 g/mol. The summed E-state index contributed by atoms with van der Waals surface area (Å²) in [7, 11) is 0. The summed E-state index contributed by atoms with van der Waals surface area (Å²) >= 11 is 0. The van der Waals surface area contributed by atoms with Gasteiger partial charge in [0.15, 0.2) is 0 Å². The van der Waals surface area contributed by atoms with Crippen LogP contribution < -0.4 is 5.32 Å². The summed E-state index contributed by atoms with van der Waals surface area (Å²) in [6.45, 7) is 2.72. The molecule has 2 fully saturated rings. The number of benzene rings is 2.